The summed E-state index contributed by atoms with van der Waals surface area (Å²) in [6.07, 6.45) is -8.04. The molecule has 2 amide bonds. The highest BCUT2D eigenvalue weighted by Crippen LogP contribution is 2.34. The number of carbonyl (C=O) groups is 3. The van der Waals surface area contributed by atoms with Crippen LogP contribution in [0.25, 0.3) is 0 Å². The fraction of sp³-hybridized carbons (Fsp3) is 0.577. The summed E-state index contributed by atoms with van der Waals surface area (Å²) >= 11 is 0. The maximum absolute atomic E-state index is 13.9. The zero-order valence-electron chi connectivity index (χ0n) is 22.9. The number of nitrogens with one attached hydrogen (secondary N) is 2. The van der Waals surface area contributed by atoms with E-state index in [4.69, 9.17) is 40.9 Å². The summed E-state index contributed by atoms with van der Waals surface area (Å²) in [6, 6.07) is 1.88. The van der Waals surface area contributed by atoms with E-state index < -0.39 is 78.9 Å². The second-order valence-corrected chi connectivity index (χ2v) is 9.01. The molecule has 6 unspecified atom stereocenters. The van der Waals surface area contributed by atoms with Crippen LogP contribution in [0, 0.1) is 12.3 Å². The van der Waals surface area contributed by atoms with Crippen LogP contribution in [0.2, 0.25) is 0 Å². The van der Waals surface area contributed by atoms with Crippen LogP contribution in [-0.4, -0.2) is 121 Å². The number of amides is 2. The average Bonchev–Trinajstić information content (AvgIpc) is 2.96. The number of terminal acetylenes is 1. The number of alkyl halides is 2. The third-order valence-corrected chi connectivity index (χ3v) is 5.84. The first kappa shape index (κ1) is 35.7. The van der Waals surface area contributed by atoms with Crippen molar-refractivity contribution in [3.05, 3.63) is 23.8 Å². The third-order valence-electron chi connectivity index (χ3n) is 5.84. The SMILES string of the molecule is C#CCOCCOCCOCC(=O)NC(CCN)C(=O)Nc1ccc(OC2OC(C(=O)O)C(O)C(O)C2O)c(C(F)F)c1. The topological polar surface area (TPSA) is 228 Å². The molecule has 17 heteroatoms. The highest BCUT2D eigenvalue weighted by molar-refractivity contribution is 5.97. The van der Waals surface area contributed by atoms with E-state index >= 15 is 0 Å². The maximum Gasteiger partial charge on any atom is 0.335 e. The summed E-state index contributed by atoms with van der Waals surface area (Å²) in [5, 5.41) is 43.8. The summed E-state index contributed by atoms with van der Waals surface area (Å²) < 4.78 is 53.4. The van der Waals surface area contributed by atoms with Gasteiger partial charge in [0.05, 0.1) is 32.0 Å². The van der Waals surface area contributed by atoms with E-state index in [1.807, 2.05) is 0 Å². The average molecular weight is 620 g/mol. The molecule has 1 saturated heterocycles. The van der Waals surface area contributed by atoms with Crippen molar-refractivity contribution in [2.75, 3.05) is 51.5 Å². The molecule has 15 nitrogen and oxygen atoms in total. The lowest BCUT2D eigenvalue weighted by Gasteiger charge is -2.38. The highest BCUT2D eigenvalue weighted by Gasteiger charge is 2.48. The number of aliphatic hydroxyl groups excluding tert-OH is 3. The van der Waals surface area contributed by atoms with E-state index in [2.05, 4.69) is 16.6 Å². The van der Waals surface area contributed by atoms with E-state index in [1.165, 1.54) is 0 Å². The molecule has 6 atom stereocenters. The van der Waals surface area contributed by atoms with Crippen molar-refractivity contribution < 1.29 is 67.3 Å². The van der Waals surface area contributed by atoms with Gasteiger partial charge in [-0.15, -0.1) is 6.42 Å². The first-order valence-electron chi connectivity index (χ1n) is 13.0. The standard InChI is InChI=1S/C26H35F2N3O12/c1-2-7-39-8-9-40-10-11-41-13-18(32)31-16(5-6-29)24(36)30-14-3-4-17(15(12-14)23(27)28)42-26-21(35)19(33)20(34)22(43-26)25(37)38/h1,3-4,12,16,19-23,26,33-35H,5-11,13,29H2,(H,30,36)(H,31,32)(H,37,38). The molecule has 43 heavy (non-hydrogen) atoms. The lowest BCUT2D eigenvalue weighted by atomic mass is 9.99. The van der Waals surface area contributed by atoms with Crippen molar-refractivity contribution in [1.82, 2.24) is 5.32 Å². The first-order valence-corrected chi connectivity index (χ1v) is 13.0. The largest absolute Gasteiger partial charge is 0.479 e. The van der Waals surface area contributed by atoms with E-state index in [-0.39, 0.29) is 45.1 Å². The van der Waals surface area contributed by atoms with Crippen LogP contribution in [0.5, 0.6) is 5.75 Å². The Kier molecular flexibility index (Phi) is 15.2. The predicted molar refractivity (Wildman–Crippen MR) is 142 cm³/mol. The van der Waals surface area contributed by atoms with Crippen LogP contribution >= 0.6 is 0 Å². The lowest BCUT2D eigenvalue weighted by molar-refractivity contribution is -0.271. The molecule has 1 aromatic carbocycles. The van der Waals surface area contributed by atoms with Crippen molar-refractivity contribution in [3.8, 4) is 18.1 Å². The molecule has 0 saturated carbocycles. The highest BCUT2D eigenvalue weighted by atomic mass is 19.3. The van der Waals surface area contributed by atoms with Gasteiger partial charge in [-0.1, -0.05) is 5.92 Å². The van der Waals surface area contributed by atoms with Gasteiger partial charge in [-0.25, -0.2) is 13.6 Å². The van der Waals surface area contributed by atoms with Crippen molar-refractivity contribution in [3.63, 3.8) is 0 Å². The molecule has 2 rings (SSSR count). The van der Waals surface area contributed by atoms with Crippen LogP contribution in [0.1, 0.15) is 18.4 Å². The molecular formula is C26H35F2N3O12. The van der Waals surface area contributed by atoms with E-state index in [0.29, 0.717) is 6.61 Å². The second-order valence-electron chi connectivity index (χ2n) is 9.01. The Labute approximate surface area is 245 Å². The molecule has 1 fully saturated rings. The number of aliphatic hydroxyl groups is 3. The van der Waals surface area contributed by atoms with Gasteiger partial charge in [-0.3, -0.25) is 9.59 Å². The normalized spacial score (nSPS) is 22.4. The molecule has 8 N–H and O–H groups in total. The number of anilines is 1. The number of rotatable bonds is 18. The number of ether oxygens (including phenoxy) is 5. The van der Waals surface area contributed by atoms with Gasteiger partial charge < -0.3 is 60.5 Å². The van der Waals surface area contributed by atoms with E-state index in [0.717, 1.165) is 18.2 Å². The fourth-order valence-electron chi connectivity index (χ4n) is 3.71. The molecule has 0 aromatic heterocycles. The number of hydrogen-bond acceptors (Lipinski definition) is 12. The Balaban J connectivity index is 1.97. The lowest BCUT2D eigenvalue weighted by Crippen LogP contribution is -2.61. The van der Waals surface area contributed by atoms with Crippen LogP contribution < -0.4 is 21.1 Å². The number of carboxylic acids is 1. The molecular weight excluding hydrogens is 584 g/mol. The second kappa shape index (κ2) is 18.3. The Hall–Kier alpha value is -3.47. The van der Waals surface area contributed by atoms with Crippen LogP contribution in [-0.2, 0) is 33.3 Å². The molecule has 0 aliphatic carbocycles. The quantitative estimate of drug-likeness (QED) is 0.0723. The van der Waals surface area contributed by atoms with E-state index in [1.54, 1.807) is 0 Å². The minimum Gasteiger partial charge on any atom is -0.479 e. The van der Waals surface area contributed by atoms with Crippen molar-refractivity contribution in [2.24, 2.45) is 5.73 Å². The summed E-state index contributed by atoms with van der Waals surface area (Å²) in [6.45, 7) is 0.628. The summed E-state index contributed by atoms with van der Waals surface area (Å²) in [5.74, 6) is -1.34. The van der Waals surface area contributed by atoms with E-state index in [9.17, 15) is 38.5 Å². The zero-order valence-corrected chi connectivity index (χ0v) is 22.9. The van der Waals surface area contributed by atoms with Gasteiger partial charge in [-0.2, -0.15) is 0 Å². The molecule has 1 aliphatic heterocycles. The number of nitrogens with two attached hydrogens (primary N) is 1. The number of carboxylic acid groups (broad SMARTS) is 1. The van der Waals surface area contributed by atoms with Gasteiger partial charge in [0.15, 0.2) is 6.10 Å². The Morgan fingerprint density at radius 2 is 1.72 bits per heavy atom. The Morgan fingerprint density at radius 1 is 1.05 bits per heavy atom. The molecule has 0 radical (unpaired) electrons. The number of carbonyl (C=O) groups excluding carboxylic acids is 2. The Morgan fingerprint density at radius 3 is 2.35 bits per heavy atom. The molecule has 1 heterocycles. The van der Waals surface area contributed by atoms with Crippen LogP contribution in [0.15, 0.2) is 18.2 Å². The van der Waals surface area contributed by atoms with Crippen molar-refractivity contribution in [2.45, 2.75) is 49.6 Å². The summed E-state index contributed by atoms with van der Waals surface area (Å²) in [4.78, 5) is 36.3. The van der Waals surface area contributed by atoms with Crippen molar-refractivity contribution in [1.29, 1.82) is 0 Å². The predicted octanol–water partition coefficient (Wildman–Crippen LogP) is -1.65. The molecule has 0 bridgehead atoms. The molecule has 0 spiro atoms. The minimum absolute atomic E-state index is 0.00543. The molecule has 240 valence electrons. The van der Waals surface area contributed by atoms with Gasteiger partial charge in [0.1, 0.15) is 43.3 Å². The van der Waals surface area contributed by atoms with Gasteiger partial charge in [0.2, 0.25) is 18.1 Å². The number of hydrogen-bond donors (Lipinski definition) is 7. The number of halogens is 2. The van der Waals surface area contributed by atoms with Gasteiger partial charge in [0, 0.05) is 5.69 Å². The van der Waals surface area contributed by atoms with Crippen LogP contribution in [0.4, 0.5) is 14.5 Å². The smallest absolute Gasteiger partial charge is 0.335 e. The van der Waals surface area contributed by atoms with Crippen LogP contribution in [0.3, 0.4) is 0 Å². The van der Waals surface area contributed by atoms with Crippen molar-refractivity contribution >= 4 is 23.5 Å². The Bertz CT molecular complexity index is 1110. The maximum atomic E-state index is 13.9. The molecule has 1 aromatic rings. The number of benzene rings is 1. The first-order chi connectivity index (χ1) is 20.5. The zero-order chi connectivity index (χ0) is 31.9. The van der Waals surface area contributed by atoms with Gasteiger partial charge in [-0.05, 0) is 31.2 Å². The summed E-state index contributed by atoms with van der Waals surface area (Å²) in [7, 11) is 0. The monoisotopic (exact) mass is 619 g/mol. The fourth-order valence-corrected chi connectivity index (χ4v) is 3.71. The number of aliphatic carboxylic acids is 1. The minimum atomic E-state index is -3.17. The van der Waals surface area contributed by atoms with Gasteiger partial charge in [0.25, 0.3) is 6.43 Å². The van der Waals surface area contributed by atoms with Gasteiger partial charge >= 0.3 is 5.97 Å². The third kappa shape index (κ3) is 11.3. The summed E-state index contributed by atoms with van der Waals surface area (Å²) in [5.41, 5.74) is 4.65. The molecule has 1 aliphatic rings.